The van der Waals surface area contributed by atoms with Crippen molar-refractivity contribution in [3.8, 4) is 16.9 Å². The molecule has 3 heterocycles. The Morgan fingerprint density at radius 2 is 1.81 bits per heavy atom. The predicted molar refractivity (Wildman–Crippen MR) is 171 cm³/mol. The van der Waals surface area contributed by atoms with Crippen molar-refractivity contribution in [2.24, 2.45) is 5.41 Å². The molecule has 2 aromatic heterocycles. The van der Waals surface area contributed by atoms with Gasteiger partial charge >= 0.3 is 5.97 Å². The van der Waals surface area contributed by atoms with Gasteiger partial charge in [0.05, 0.1) is 16.6 Å². The highest BCUT2D eigenvalue weighted by atomic mass is 35.5. The van der Waals surface area contributed by atoms with Crippen LogP contribution in [0.15, 0.2) is 90.0 Å². The topological polar surface area (TPSA) is 64.3 Å². The third-order valence-electron chi connectivity index (χ3n) is 7.91. The number of rotatable bonds is 9. The number of pyridine rings is 1. The number of carbonyl (C=O) groups is 1. The second-order valence-corrected chi connectivity index (χ2v) is 13.5. The van der Waals surface area contributed by atoms with E-state index in [4.69, 9.17) is 16.3 Å². The van der Waals surface area contributed by atoms with Crippen LogP contribution in [0.1, 0.15) is 43.3 Å². The molecule has 214 valence electrons. The summed E-state index contributed by atoms with van der Waals surface area (Å²) in [6, 6.07) is 26.4. The van der Waals surface area contributed by atoms with Gasteiger partial charge in [-0.2, -0.15) is 0 Å². The molecule has 1 N–H and O–H groups in total. The van der Waals surface area contributed by atoms with Crippen molar-refractivity contribution in [2.45, 2.75) is 56.9 Å². The van der Waals surface area contributed by atoms with E-state index in [-0.39, 0.29) is 0 Å². The summed E-state index contributed by atoms with van der Waals surface area (Å²) >= 11 is 8.01. The highest BCUT2D eigenvalue weighted by molar-refractivity contribution is 8.00. The minimum Gasteiger partial charge on any atom is -0.487 e. The molecule has 0 unspecified atom stereocenters. The summed E-state index contributed by atoms with van der Waals surface area (Å²) in [4.78, 5) is 18.0. The smallest absolute Gasteiger partial charge is 0.309 e. The molecule has 6 rings (SSSR count). The van der Waals surface area contributed by atoms with Gasteiger partial charge in [-0.05, 0) is 61.7 Å². The van der Waals surface area contributed by atoms with Gasteiger partial charge in [0, 0.05) is 56.5 Å². The molecular weight excluding hydrogens is 564 g/mol. The number of benzene rings is 3. The minimum absolute atomic E-state index is 0.326. The Kier molecular flexibility index (Phi) is 7.77. The molecule has 7 heteroatoms. The van der Waals surface area contributed by atoms with Crippen molar-refractivity contribution in [1.29, 1.82) is 0 Å². The standard InChI is InChI=1S/C35H33ClN2O3S/c1-22-17-28-31(41-21-27-14-11-25(19-37-27)24-7-5-4-6-8-24)16-15-29-32(28)33(42-22)30(18-35(2,3)34(39)40)38(29)20-23-9-12-26(36)13-10-23/h4-16,19,22H,17-18,20-21H2,1-3H3,(H,39,40)/t22-/m0/s1. The molecule has 1 aliphatic rings. The maximum Gasteiger partial charge on any atom is 0.309 e. The van der Waals surface area contributed by atoms with Crippen LogP contribution in [-0.2, 0) is 30.8 Å². The highest BCUT2D eigenvalue weighted by Gasteiger charge is 2.34. The van der Waals surface area contributed by atoms with E-state index in [0.29, 0.717) is 29.8 Å². The van der Waals surface area contributed by atoms with Gasteiger partial charge in [-0.15, -0.1) is 11.8 Å². The first kappa shape index (κ1) is 28.4. The molecule has 5 nitrogen and oxygen atoms in total. The van der Waals surface area contributed by atoms with Crippen LogP contribution in [0.2, 0.25) is 5.02 Å². The molecule has 0 spiro atoms. The molecule has 0 aliphatic carbocycles. The molecule has 0 bridgehead atoms. The average Bonchev–Trinajstić information content (AvgIpc) is 3.26. The summed E-state index contributed by atoms with van der Waals surface area (Å²) in [5.74, 6) is 0.0550. The van der Waals surface area contributed by atoms with Crippen LogP contribution in [0.3, 0.4) is 0 Å². The van der Waals surface area contributed by atoms with Crippen molar-refractivity contribution in [1.82, 2.24) is 9.55 Å². The van der Waals surface area contributed by atoms with Crippen LogP contribution in [-0.4, -0.2) is 25.9 Å². The summed E-state index contributed by atoms with van der Waals surface area (Å²) in [5, 5.41) is 12.2. The van der Waals surface area contributed by atoms with E-state index in [1.807, 2.05) is 66.5 Å². The molecule has 3 aromatic carbocycles. The number of carboxylic acid groups (broad SMARTS) is 1. The number of thioether (sulfide) groups is 1. The molecule has 0 saturated heterocycles. The molecule has 1 aliphatic heterocycles. The largest absolute Gasteiger partial charge is 0.487 e. The van der Waals surface area contributed by atoms with Crippen LogP contribution in [0.25, 0.3) is 22.0 Å². The van der Waals surface area contributed by atoms with Crippen molar-refractivity contribution in [3.63, 3.8) is 0 Å². The molecule has 5 aromatic rings. The van der Waals surface area contributed by atoms with E-state index in [1.165, 1.54) is 10.9 Å². The molecular formula is C35H33ClN2O3S. The van der Waals surface area contributed by atoms with E-state index in [1.54, 1.807) is 13.8 Å². The summed E-state index contributed by atoms with van der Waals surface area (Å²) < 4.78 is 8.73. The fraction of sp³-hybridized carbons (Fsp3) is 0.257. The fourth-order valence-electron chi connectivity index (χ4n) is 5.59. The van der Waals surface area contributed by atoms with Gasteiger partial charge in [-0.1, -0.05) is 67.1 Å². The second-order valence-electron chi connectivity index (χ2n) is 11.6. The van der Waals surface area contributed by atoms with E-state index in [9.17, 15) is 9.90 Å². The van der Waals surface area contributed by atoms with E-state index < -0.39 is 11.4 Å². The normalized spacial score (nSPS) is 14.7. The lowest BCUT2D eigenvalue weighted by Crippen LogP contribution is -2.28. The Bertz CT molecular complexity index is 1750. The fourth-order valence-corrected chi connectivity index (χ4v) is 7.03. The Morgan fingerprint density at radius 1 is 1.05 bits per heavy atom. The van der Waals surface area contributed by atoms with Crippen LogP contribution in [0.5, 0.6) is 5.75 Å². The maximum atomic E-state index is 12.2. The molecule has 0 radical (unpaired) electrons. The van der Waals surface area contributed by atoms with Crippen LogP contribution in [0.4, 0.5) is 0 Å². The molecule has 0 amide bonds. The monoisotopic (exact) mass is 596 g/mol. The second kappa shape index (κ2) is 11.5. The van der Waals surface area contributed by atoms with Gasteiger partial charge in [0.25, 0.3) is 0 Å². The quantitative estimate of drug-likeness (QED) is 0.184. The van der Waals surface area contributed by atoms with Crippen LogP contribution in [0, 0.1) is 5.41 Å². The summed E-state index contributed by atoms with van der Waals surface area (Å²) in [7, 11) is 0. The van der Waals surface area contributed by atoms with Crippen molar-refractivity contribution in [3.05, 3.63) is 113 Å². The van der Waals surface area contributed by atoms with Crippen molar-refractivity contribution >= 4 is 40.2 Å². The zero-order valence-corrected chi connectivity index (χ0v) is 25.5. The lowest BCUT2D eigenvalue weighted by molar-refractivity contribution is -0.146. The molecule has 42 heavy (non-hydrogen) atoms. The average molecular weight is 597 g/mol. The third-order valence-corrected chi connectivity index (χ3v) is 9.41. The number of nitrogens with zero attached hydrogens (tertiary/aromatic N) is 2. The zero-order valence-electron chi connectivity index (χ0n) is 23.9. The predicted octanol–water partition coefficient (Wildman–Crippen LogP) is 8.67. The first-order valence-electron chi connectivity index (χ1n) is 14.1. The van der Waals surface area contributed by atoms with Gasteiger partial charge in [-0.25, -0.2) is 0 Å². The number of aliphatic carboxylic acids is 1. The number of ether oxygens (including phenoxy) is 1. The van der Waals surface area contributed by atoms with E-state index in [0.717, 1.165) is 50.7 Å². The maximum absolute atomic E-state index is 12.2. The SMILES string of the molecule is C[C@H]1Cc2c(OCc3ccc(-c4ccccc4)cn3)ccc3c2c(c(CC(C)(C)C(=O)O)n3Cc2ccc(Cl)cc2)S1. The summed E-state index contributed by atoms with van der Waals surface area (Å²) in [6.45, 7) is 6.83. The number of carboxylic acids is 1. The van der Waals surface area contributed by atoms with E-state index >= 15 is 0 Å². The van der Waals surface area contributed by atoms with Gasteiger partial charge in [0.2, 0.25) is 0 Å². The lowest BCUT2D eigenvalue weighted by Gasteiger charge is -2.24. The Hall–Kier alpha value is -3.74. The molecule has 1 atom stereocenters. The van der Waals surface area contributed by atoms with Crippen molar-refractivity contribution < 1.29 is 14.6 Å². The van der Waals surface area contributed by atoms with E-state index in [2.05, 4.69) is 46.8 Å². The van der Waals surface area contributed by atoms with Gasteiger partial charge in [0.1, 0.15) is 12.4 Å². The number of hydrogen-bond donors (Lipinski definition) is 1. The van der Waals surface area contributed by atoms with Crippen LogP contribution < -0.4 is 4.74 Å². The Balaban J connectivity index is 1.37. The Morgan fingerprint density at radius 3 is 2.50 bits per heavy atom. The number of aromatic nitrogens is 2. The third kappa shape index (κ3) is 5.66. The first-order chi connectivity index (χ1) is 20.2. The van der Waals surface area contributed by atoms with Crippen LogP contribution >= 0.6 is 23.4 Å². The Labute approximate surface area is 255 Å². The van der Waals surface area contributed by atoms with Gasteiger partial charge in [0.15, 0.2) is 0 Å². The molecule has 0 saturated carbocycles. The summed E-state index contributed by atoms with van der Waals surface area (Å²) in [6.07, 6.45) is 3.19. The van der Waals surface area contributed by atoms with Gasteiger partial charge in [-0.3, -0.25) is 9.78 Å². The highest BCUT2D eigenvalue weighted by Crippen LogP contribution is 2.48. The summed E-state index contributed by atoms with van der Waals surface area (Å²) in [5.41, 5.74) is 6.61. The minimum atomic E-state index is -0.916. The first-order valence-corrected chi connectivity index (χ1v) is 15.4. The number of halogens is 1. The van der Waals surface area contributed by atoms with Gasteiger partial charge < -0.3 is 14.4 Å². The van der Waals surface area contributed by atoms with Crippen molar-refractivity contribution in [2.75, 3.05) is 0 Å². The zero-order chi connectivity index (χ0) is 29.4. The number of hydrogen-bond acceptors (Lipinski definition) is 4. The molecule has 0 fully saturated rings. The lowest BCUT2D eigenvalue weighted by atomic mass is 9.87.